The van der Waals surface area contributed by atoms with Gasteiger partial charge in [0.1, 0.15) is 11.5 Å². The third-order valence-electron chi connectivity index (χ3n) is 4.50. The summed E-state index contributed by atoms with van der Waals surface area (Å²) < 4.78 is 11.5. The van der Waals surface area contributed by atoms with Crippen LogP contribution < -0.4 is 20.1 Å². The SMILES string of the molecule is CC(C)Oc1cccc(NCC(=O)Nc2cccc(OCCCc3ccccc3)c2)c1. The van der Waals surface area contributed by atoms with Crippen molar-refractivity contribution >= 4 is 17.3 Å². The molecule has 1 amide bonds. The van der Waals surface area contributed by atoms with Gasteiger partial charge in [0.05, 0.1) is 19.3 Å². The zero-order chi connectivity index (χ0) is 21.9. The summed E-state index contributed by atoms with van der Waals surface area (Å²) in [7, 11) is 0. The number of hydrogen-bond donors (Lipinski definition) is 2. The van der Waals surface area contributed by atoms with Gasteiger partial charge in [-0.05, 0) is 56.5 Å². The highest BCUT2D eigenvalue weighted by molar-refractivity contribution is 5.93. The number of hydrogen-bond acceptors (Lipinski definition) is 4. The summed E-state index contributed by atoms with van der Waals surface area (Å²) >= 11 is 0. The van der Waals surface area contributed by atoms with Crippen LogP contribution in [0.15, 0.2) is 78.9 Å². The van der Waals surface area contributed by atoms with E-state index in [2.05, 4.69) is 22.8 Å². The lowest BCUT2D eigenvalue weighted by molar-refractivity contribution is -0.114. The van der Waals surface area contributed by atoms with Crippen molar-refractivity contribution in [1.29, 1.82) is 0 Å². The molecule has 0 saturated carbocycles. The fraction of sp³-hybridized carbons (Fsp3) is 0.269. The molecule has 0 spiro atoms. The first-order chi connectivity index (χ1) is 15.1. The Morgan fingerprint density at radius 3 is 2.35 bits per heavy atom. The van der Waals surface area contributed by atoms with Crippen molar-refractivity contribution in [2.45, 2.75) is 32.8 Å². The minimum atomic E-state index is -0.128. The van der Waals surface area contributed by atoms with Crippen LogP contribution in [0.4, 0.5) is 11.4 Å². The standard InChI is InChI=1S/C26H30N2O3/c1-20(2)31-25-15-6-12-22(17-25)27-19-26(29)28-23-13-7-14-24(18-23)30-16-8-11-21-9-4-3-5-10-21/h3-7,9-10,12-15,17-18,20,27H,8,11,16,19H2,1-2H3,(H,28,29). The summed E-state index contributed by atoms with van der Waals surface area (Å²) in [5.41, 5.74) is 2.86. The molecule has 5 heteroatoms. The van der Waals surface area contributed by atoms with Gasteiger partial charge in [-0.25, -0.2) is 0 Å². The van der Waals surface area contributed by atoms with Crippen LogP contribution >= 0.6 is 0 Å². The van der Waals surface area contributed by atoms with Crippen LogP contribution in [0.2, 0.25) is 0 Å². The highest BCUT2D eigenvalue weighted by atomic mass is 16.5. The van der Waals surface area contributed by atoms with Crippen LogP contribution in [0.3, 0.4) is 0 Å². The molecule has 0 fully saturated rings. The largest absolute Gasteiger partial charge is 0.494 e. The van der Waals surface area contributed by atoms with Crippen LogP contribution in [0.5, 0.6) is 11.5 Å². The predicted octanol–water partition coefficient (Wildman–Crippen LogP) is 5.54. The zero-order valence-corrected chi connectivity index (χ0v) is 18.1. The molecule has 0 radical (unpaired) electrons. The highest BCUT2D eigenvalue weighted by Crippen LogP contribution is 2.19. The number of rotatable bonds is 11. The number of ether oxygens (including phenoxy) is 2. The van der Waals surface area contributed by atoms with E-state index in [1.807, 2.05) is 80.6 Å². The first-order valence-electron chi connectivity index (χ1n) is 10.7. The Hall–Kier alpha value is -3.47. The maximum Gasteiger partial charge on any atom is 0.243 e. The van der Waals surface area contributed by atoms with E-state index in [0.29, 0.717) is 12.3 Å². The van der Waals surface area contributed by atoms with Crippen molar-refractivity contribution in [2.24, 2.45) is 0 Å². The van der Waals surface area contributed by atoms with E-state index >= 15 is 0 Å². The first kappa shape index (κ1) is 22.2. The molecule has 0 aliphatic carbocycles. The molecule has 0 heterocycles. The van der Waals surface area contributed by atoms with E-state index in [-0.39, 0.29) is 18.6 Å². The molecular formula is C26H30N2O3. The Morgan fingerprint density at radius 2 is 1.58 bits per heavy atom. The van der Waals surface area contributed by atoms with Crippen LogP contribution in [-0.4, -0.2) is 25.2 Å². The molecule has 0 aromatic heterocycles. The maximum absolute atomic E-state index is 12.3. The van der Waals surface area contributed by atoms with E-state index < -0.39 is 0 Å². The minimum Gasteiger partial charge on any atom is -0.494 e. The molecule has 0 aliphatic heterocycles. The number of amides is 1. The number of aryl methyl sites for hydroxylation is 1. The van der Waals surface area contributed by atoms with Crippen molar-refractivity contribution in [3.8, 4) is 11.5 Å². The smallest absolute Gasteiger partial charge is 0.243 e. The second kappa shape index (κ2) is 11.6. The second-order valence-corrected chi connectivity index (χ2v) is 7.56. The van der Waals surface area contributed by atoms with Gasteiger partial charge in [-0.2, -0.15) is 0 Å². The van der Waals surface area contributed by atoms with E-state index in [4.69, 9.17) is 9.47 Å². The van der Waals surface area contributed by atoms with E-state index in [9.17, 15) is 4.79 Å². The Morgan fingerprint density at radius 1 is 0.871 bits per heavy atom. The van der Waals surface area contributed by atoms with Gasteiger partial charge in [0.2, 0.25) is 5.91 Å². The fourth-order valence-electron chi connectivity index (χ4n) is 3.11. The van der Waals surface area contributed by atoms with E-state index in [0.717, 1.165) is 30.0 Å². The van der Waals surface area contributed by atoms with Crippen LogP contribution in [0, 0.1) is 0 Å². The molecule has 3 rings (SSSR count). The third-order valence-corrected chi connectivity index (χ3v) is 4.50. The number of nitrogens with one attached hydrogen (secondary N) is 2. The fourth-order valence-corrected chi connectivity index (χ4v) is 3.11. The van der Waals surface area contributed by atoms with Gasteiger partial charge in [0.15, 0.2) is 0 Å². The second-order valence-electron chi connectivity index (χ2n) is 7.56. The molecule has 0 atom stereocenters. The van der Waals surface area contributed by atoms with Crippen molar-refractivity contribution in [3.05, 3.63) is 84.4 Å². The van der Waals surface area contributed by atoms with Gasteiger partial charge in [-0.3, -0.25) is 4.79 Å². The lowest BCUT2D eigenvalue weighted by Crippen LogP contribution is -2.21. The summed E-state index contributed by atoms with van der Waals surface area (Å²) in [5, 5.41) is 6.03. The Kier molecular flexibility index (Phi) is 8.35. The Labute approximate surface area is 184 Å². The lowest BCUT2D eigenvalue weighted by Gasteiger charge is -2.12. The van der Waals surface area contributed by atoms with Crippen molar-refractivity contribution in [3.63, 3.8) is 0 Å². The van der Waals surface area contributed by atoms with Gasteiger partial charge >= 0.3 is 0 Å². The molecule has 0 bridgehead atoms. The van der Waals surface area contributed by atoms with Gasteiger partial charge < -0.3 is 20.1 Å². The van der Waals surface area contributed by atoms with Gasteiger partial charge in [0, 0.05) is 23.5 Å². The molecule has 31 heavy (non-hydrogen) atoms. The summed E-state index contributed by atoms with van der Waals surface area (Å²) in [5.74, 6) is 1.39. The lowest BCUT2D eigenvalue weighted by atomic mass is 10.1. The molecule has 0 unspecified atom stereocenters. The normalized spacial score (nSPS) is 10.5. The molecule has 162 valence electrons. The number of carbonyl (C=O) groups excluding carboxylic acids is 1. The number of anilines is 2. The van der Waals surface area contributed by atoms with Gasteiger partial charge in [0.25, 0.3) is 0 Å². The van der Waals surface area contributed by atoms with Gasteiger partial charge in [-0.1, -0.05) is 42.5 Å². The quantitative estimate of drug-likeness (QED) is 0.402. The van der Waals surface area contributed by atoms with Crippen LogP contribution in [-0.2, 0) is 11.2 Å². The average Bonchev–Trinajstić information content (AvgIpc) is 2.76. The average molecular weight is 419 g/mol. The summed E-state index contributed by atoms with van der Waals surface area (Å²) in [6.07, 6.45) is 2.02. The topological polar surface area (TPSA) is 59.6 Å². The molecular weight excluding hydrogens is 388 g/mol. The summed E-state index contributed by atoms with van der Waals surface area (Å²) in [6, 6.07) is 25.4. The van der Waals surface area contributed by atoms with E-state index in [1.165, 1.54) is 5.56 Å². The third kappa shape index (κ3) is 8.05. The molecule has 2 N–H and O–H groups in total. The number of carbonyl (C=O) groups is 1. The van der Waals surface area contributed by atoms with Crippen molar-refractivity contribution in [1.82, 2.24) is 0 Å². The van der Waals surface area contributed by atoms with Crippen molar-refractivity contribution < 1.29 is 14.3 Å². The van der Waals surface area contributed by atoms with Gasteiger partial charge in [-0.15, -0.1) is 0 Å². The Bertz CT molecular complexity index is 958. The number of benzene rings is 3. The summed E-state index contributed by atoms with van der Waals surface area (Å²) in [6.45, 7) is 4.75. The summed E-state index contributed by atoms with van der Waals surface area (Å²) in [4.78, 5) is 12.3. The van der Waals surface area contributed by atoms with Crippen LogP contribution in [0.1, 0.15) is 25.8 Å². The Balaban J connectivity index is 1.43. The molecule has 0 aliphatic rings. The predicted molar refractivity (Wildman–Crippen MR) is 126 cm³/mol. The first-order valence-corrected chi connectivity index (χ1v) is 10.7. The van der Waals surface area contributed by atoms with Crippen molar-refractivity contribution in [2.75, 3.05) is 23.8 Å². The molecule has 3 aromatic carbocycles. The van der Waals surface area contributed by atoms with Crippen LogP contribution in [0.25, 0.3) is 0 Å². The van der Waals surface area contributed by atoms with E-state index in [1.54, 1.807) is 0 Å². The monoisotopic (exact) mass is 418 g/mol. The zero-order valence-electron chi connectivity index (χ0n) is 18.1. The molecule has 3 aromatic rings. The maximum atomic E-state index is 12.3. The minimum absolute atomic E-state index is 0.103. The molecule has 5 nitrogen and oxygen atoms in total. The molecule has 0 saturated heterocycles. The highest BCUT2D eigenvalue weighted by Gasteiger charge is 2.05.